The van der Waals surface area contributed by atoms with Gasteiger partial charge in [0, 0.05) is 19.1 Å². The van der Waals surface area contributed by atoms with E-state index in [1.165, 1.54) is 12.1 Å². The molecule has 6 nitrogen and oxygen atoms in total. The summed E-state index contributed by atoms with van der Waals surface area (Å²) in [5.41, 5.74) is 5.96. The van der Waals surface area contributed by atoms with Crippen molar-refractivity contribution in [3.8, 4) is 0 Å². The summed E-state index contributed by atoms with van der Waals surface area (Å²) in [7, 11) is 0. The predicted molar refractivity (Wildman–Crippen MR) is 81.2 cm³/mol. The Kier molecular flexibility index (Phi) is 4.92. The van der Waals surface area contributed by atoms with Crippen LogP contribution in [-0.2, 0) is 0 Å². The number of hydrogen-bond acceptors (Lipinski definition) is 3. The van der Waals surface area contributed by atoms with Crippen LogP contribution in [-0.4, -0.2) is 41.1 Å². The molecule has 0 aliphatic carbocycles. The number of urea groups is 1. The van der Waals surface area contributed by atoms with Crippen molar-refractivity contribution in [2.45, 2.75) is 18.9 Å². The number of carbonyl (C=O) groups excluding carboxylic acids is 1. The second-order valence-electron chi connectivity index (χ2n) is 4.87. The highest BCUT2D eigenvalue weighted by Crippen LogP contribution is 2.32. The summed E-state index contributed by atoms with van der Waals surface area (Å²) in [5.74, 6) is -1.14. The number of carbonyl (C=O) groups is 2. The third-order valence-corrected chi connectivity index (χ3v) is 3.94. The summed E-state index contributed by atoms with van der Waals surface area (Å²) in [6.45, 7) is 1.13. The molecule has 1 fully saturated rings. The van der Waals surface area contributed by atoms with Gasteiger partial charge in [-0.1, -0.05) is 23.2 Å². The highest BCUT2D eigenvalue weighted by molar-refractivity contribution is 6.40. The van der Waals surface area contributed by atoms with Gasteiger partial charge in [0.15, 0.2) is 0 Å². The van der Waals surface area contributed by atoms with Gasteiger partial charge in [0.25, 0.3) is 0 Å². The van der Waals surface area contributed by atoms with Crippen molar-refractivity contribution < 1.29 is 14.7 Å². The molecule has 0 radical (unpaired) electrons. The summed E-state index contributed by atoms with van der Waals surface area (Å²) >= 11 is 12.0. The Morgan fingerprint density at radius 1 is 1.24 bits per heavy atom. The number of rotatable bonds is 2. The number of carboxylic acids is 1. The summed E-state index contributed by atoms with van der Waals surface area (Å²) < 4.78 is 0. The van der Waals surface area contributed by atoms with Crippen LogP contribution in [0.15, 0.2) is 12.1 Å². The largest absolute Gasteiger partial charge is 0.478 e. The van der Waals surface area contributed by atoms with Gasteiger partial charge in [-0.2, -0.15) is 0 Å². The molecule has 0 atom stereocenters. The molecule has 21 heavy (non-hydrogen) atoms. The standard InChI is InChI=1S/C13H15Cl2N3O3/c14-9-5-7(12(19)20)6-10(15)11(9)17-13(21)18-3-1-8(16)2-4-18/h5-6,8H,1-4,16H2,(H,17,21)(H,19,20). The van der Waals surface area contributed by atoms with Gasteiger partial charge in [-0.25, -0.2) is 9.59 Å². The number of halogens is 2. The van der Waals surface area contributed by atoms with Crippen LogP contribution in [0.5, 0.6) is 0 Å². The summed E-state index contributed by atoms with van der Waals surface area (Å²) in [6.07, 6.45) is 1.49. The molecule has 0 unspecified atom stereocenters. The lowest BCUT2D eigenvalue weighted by molar-refractivity contribution is 0.0697. The molecule has 1 saturated heterocycles. The van der Waals surface area contributed by atoms with E-state index in [1.807, 2.05) is 0 Å². The van der Waals surface area contributed by atoms with Crippen LogP contribution in [0.3, 0.4) is 0 Å². The van der Waals surface area contributed by atoms with Crippen molar-refractivity contribution in [1.82, 2.24) is 4.90 Å². The van der Waals surface area contributed by atoms with Crippen LogP contribution >= 0.6 is 23.2 Å². The molecule has 0 bridgehead atoms. The lowest BCUT2D eigenvalue weighted by atomic mass is 10.1. The number of likely N-dealkylation sites (tertiary alicyclic amines) is 1. The van der Waals surface area contributed by atoms with E-state index in [1.54, 1.807) is 4.90 Å². The molecule has 114 valence electrons. The molecule has 8 heteroatoms. The van der Waals surface area contributed by atoms with E-state index in [0.717, 1.165) is 12.8 Å². The quantitative estimate of drug-likeness (QED) is 0.776. The zero-order valence-corrected chi connectivity index (χ0v) is 12.6. The minimum Gasteiger partial charge on any atom is -0.478 e. The monoisotopic (exact) mass is 331 g/mol. The van der Waals surface area contributed by atoms with Crippen LogP contribution in [0.1, 0.15) is 23.2 Å². The van der Waals surface area contributed by atoms with E-state index in [4.69, 9.17) is 34.0 Å². The first-order chi connectivity index (χ1) is 9.88. The van der Waals surface area contributed by atoms with E-state index in [9.17, 15) is 9.59 Å². The van der Waals surface area contributed by atoms with Crippen molar-refractivity contribution in [2.24, 2.45) is 5.73 Å². The van der Waals surface area contributed by atoms with Crippen LogP contribution in [0.2, 0.25) is 10.0 Å². The highest BCUT2D eigenvalue weighted by atomic mass is 35.5. The molecular formula is C13H15Cl2N3O3. The van der Waals surface area contributed by atoms with Crippen molar-refractivity contribution in [3.05, 3.63) is 27.7 Å². The normalized spacial score (nSPS) is 15.9. The van der Waals surface area contributed by atoms with Gasteiger partial charge in [-0.15, -0.1) is 0 Å². The summed E-state index contributed by atoms with van der Waals surface area (Å²) in [6, 6.07) is 2.29. The van der Waals surface area contributed by atoms with Gasteiger partial charge in [0.2, 0.25) is 0 Å². The van der Waals surface area contributed by atoms with Gasteiger partial charge in [0.05, 0.1) is 21.3 Å². The Bertz CT molecular complexity index is 549. The van der Waals surface area contributed by atoms with Crippen molar-refractivity contribution in [3.63, 3.8) is 0 Å². The van der Waals surface area contributed by atoms with Gasteiger partial charge in [-0.3, -0.25) is 0 Å². The maximum absolute atomic E-state index is 12.1. The minimum atomic E-state index is -1.14. The zero-order valence-electron chi connectivity index (χ0n) is 11.1. The molecule has 0 spiro atoms. The fraction of sp³-hybridized carbons (Fsp3) is 0.385. The fourth-order valence-corrected chi connectivity index (χ4v) is 2.69. The van der Waals surface area contributed by atoms with Crippen LogP contribution in [0.25, 0.3) is 0 Å². The fourth-order valence-electron chi connectivity index (χ4n) is 2.10. The number of nitrogens with one attached hydrogen (secondary N) is 1. The Labute approximate surface area is 131 Å². The molecular weight excluding hydrogens is 317 g/mol. The van der Waals surface area contributed by atoms with Gasteiger partial charge in [0.1, 0.15) is 0 Å². The first-order valence-corrected chi connectivity index (χ1v) is 7.18. The molecule has 1 heterocycles. The van der Waals surface area contributed by atoms with Gasteiger partial charge < -0.3 is 21.1 Å². The number of anilines is 1. The molecule has 1 aromatic rings. The highest BCUT2D eigenvalue weighted by Gasteiger charge is 2.22. The number of nitrogens with two attached hydrogens (primary N) is 1. The van der Waals surface area contributed by atoms with Crippen LogP contribution in [0.4, 0.5) is 10.5 Å². The van der Waals surface area contributed by atoms with Crippen molar-refractivity contribution in [1.29, 1.82) is 0 Å². The van der Waals surface area contributed by atoms with Gasteiger partial charge >= 0.3 is 12.0 Å². The number of benzene rings is 1. The SMILES string of the molecule is NC1CCN(C(=O)Nc2c(Cl)cc(C(=O)O)cc2Cl)CC1. The van der Waals surface area contributed by atoms with Crippen LogP contribution < -0.4 is 11.1 Å². The Hall–Kier alpha value is -1.50. The van der Waals surface area contributed by atoms with E-state index in [-0.39, 0.29) is 33.4 Å². The minimum absolute atomic E-state index is 0.0352. The zero-order chi connectivity index (χ0) is 15.6. The number of hydrogen-bond donors (Lipinski definition) is 3. The smallest absolute Gasteiger partial charge is 0.335 e. The summed E-state index contributed by atoms with van der Waals surface area (Å²) in [5, 5.41) is 11.7. The average Bonchev–Trinajstić information content (AvgIpc) is 2.43. The number of piperidine rings is 1. The molecule has 2 rings (SSSR count). The number of nitrogens with zero attached hydrogens (tertiary/aromatic N) is 1. The van der Waals surface area contributed by atoms with E-state index >= 15 is 0 Å². The molecule has 0 aromatic heterocycles. The molecule has 0 saturated carbocycles. The first kappa shape index (κ1) is 15.9. The Morgan fingerprint density at radius 2 is 1.76 bits per heavy atom. The second kappa shape index (κ2) is 6.51. The molecule has 1 aliphatic rings. The first-order valence-electron chi connectivity index (χ1n) is 6.42. The van der Waals surface area contributed by atoms with Crippen molar-refractivity contribution in [2.75, 3.05) is 18.4 Å². The maximum Gasteiger partial charge on any atom is 0.335 e. The number of carboxylic acid groups (broad SMARTS) is 1. The van der Waals surface area contributed by atoms with E-state index < -0.39 is 5.97 Å². The van der Waals surface area contributed by atoms with Gasteiger partial charge in [-0.05, 0) is 25.0 Å². The third-order valence-electron chi connectivity index (χ3n) is 3.35. The third kappa shape index (κ3) is 3.78. The van der Waals surface area contributed by atoms with Crippen LogP contribution in [0, 0.1) is 0 Å². The number of amides is 2. The average molecular weight is 332 g/mol. The second-order valence-corrected chi connectivity index (χ2v) is 5.69. The lowest BCUT2D eigenvalue weighted by Crippen LogP contribution is -2.44. The Balaban J connectivity index is 2.12. The molecule has 2 amide bonds. The molecule has 1 aliphatic heterocycles. The lowest BCUT2D eigenvalue weighted by Gasteiger charge is -2.30. The topological polar surface area (TPSA) is 95.7 Å². The maximum atomic E-state index is 12.1. The number of aromatic carboxylic acids is 1. The Morgan fingerprint density at radius 3 is 2.24 bits per heavy atom. The summed E-state index contributed by atoms with van der Waals surface area (Å²) in [4.78, 5) is 24.7. The molecule has 4 N–H and O–H groups in total. The predicted octanol–water partition coefficient (Wildman–Crippen LogP) is 2.65. The van der Waals surface area contributed by atoms with E-state index in [0.29, 0.717) is 13.1 Å². The molecule has 1 aromatic carbocycles. The van der Waals surface area contributed by atoms with E-state index in [2.05, 4.69) is 5.32 Å². The van der Waals surface area contributed by atoms with Crippen molar-refractivity contribution >= 4 is 40.9 Å².